The van der Waals surface area contributed by atoms with Crippen LogP contribution in [0.5, 0.6) is 0 Å². The molecule has 2 rings (SSSR count). The number of H-pyrrole nitrogens is 1. The molecule has 0 saturated heterocycles. The van der Waals surface area contributed by atoms with Gasteiger partial charge in [0.2, 0.25) is 0 Å². The molecular formula is C18H32N4. The van der Waals surface area contributed by atoms with E-state index in [1.807, 2.05) is 0 Å². The van der Waals surface area contributed by atoms with Crippen LogP contribution in [0, 0.1) is 13.8 Å². The first-order valence-corrected chi connectivity index (χ1v) is 8.39. The lowest BCUT2D eigenvalue weighted by Gasteiger charge is -1.99. The maximum absolute atomic E-state index is 4.47. The number of rotatable bonds is 4. The summed E-state index contributed by atoms with van der Waals surface area (Å²) >= 11 is 0. The highest BCUT2D eigenvalue weighted by atomic mass is 15.1. The van der Waals surface area contributed by atoms with E-state index in [-0.39, 0.29) is 0 Å². The summed E-state index contributed by atoms with van der Waals surface area (Å²) < 4.78 is 2.18. The van der Waals surface area contributed by atoms with Crippen molar-refractivity contribution in [1.29, 1.82) is 0 Å². The third-order valence-corrected chi connectivity index (χ3v) is 3.78. The molecule has 0 aromatic carbocycles. The molecule has 0 aliphatic rings. The van der Waals surface area contributed by atoms with E-state index in [2.05, 4.69) is 81.1 Å². The van der Waals surface area contributed by atoms with Crippen LogP contribution in [0.2, 0.25) is 0 Å². The third kappa shape index (κ3) is 4.72. The Morgan fingerprint density at radius 3 is 1.95 bits per heavy atom. The first-order valence-electron chi connectivity index (χ1n) is 8.39. The lowest BCUT2D eigenvalue weighted by atomic mass is 10.1. The van der Waals surface area contributed by atoms with E-state index >= 15 is 0 Å². The minimum Gasteiger partial charge on any atom is -0.346 e. The number of hydrogen-bond donors (Lipinski definition) is 1. The number of nitrogens with one attached hydrogen (secondary N) is 1. The highest BCUT2D eigenvalue weighted by Gasteiger charge is 2.08. The zero-order valence-corrected chi connectivity index (χ0v) is 15.5. The molecule has 0 aliphatic carbocycles. The summed E-state index contributed by atoms with van der Waals surface area (Å²) in [7, 11) is 0. The van der Waals surface area contributed by atoms with Crippen molar-refractivity contribution in [2.45, 2.75) is 80.2 Å². The first kappa shape index (κ1) is 18.5. The monoisotopic (exact) mass is 304 g/mol. The largest absolute Gasteiger partial charge is 0.346 e. The molecule has 2 aromatic heterocycles. The average Bonchev–Trinajstić information content (AvgIpc) is 3.02. The van der Waals surface area contributed by atoms with Crippen molar-refractivity contribution in [2.75, 3.05) is 0 Å². The molecule has 0 spiro atoms. The van der Waals surface area contributed by atoms with Crippen LogP contribution in [-0.4, -0.2) is 19.5 Å². The predicted octanol–water partition coefficient (Wildman–Crippen LogP) is 4.74. The van der Waals surface area contributed by atoms with Gasteiger partial charge in [-0.3, -0.25) is 0 Å². The molecule has 0 amide bonds. The molecule has 0 aliphatic heterocycles. The Labute approximate surface area is 135 Å². The van der Waals surface area contributed by atoms with E-state index in [1.165, 1.54) is 17.1 Å². The topological polar surface area (TPSA) is 46.5 Å². The van der Waals surface area contributed by atoms with E-state index in [4.69, 9.17) is 0 Å². The molecule has 22 heavy (non-hydrogen) atoms. The summed E-state index contributed by atoms with van der Waals surface area (Å²) in [6.07, 6.45) is 3.13. The van der Waals surface area contributed by atoms with Crippen molar-refractivity contribution in [3.05, 3.63) is 34.9 Å². The van der Waals surface area contributed by atoms with Gasteiger partial charge in [-0.05, 0) is 32.6 Å². The smallest absolute Gasteiger partial charge is 0.106 e. The van der Waals surface area contributed by atoms with Gasteiger partial charge < -0.3 is 9.55 Å². The Morgan fingerprint density at radius 2 is 1.68 bits per heavy atom. The standard InChI is InChI=1S/2C9H16N2/c1-5-11-6-9(7(2)3)10-8(11)4;1-5-8-10-7(4)9(11-8)6(2)3/h6-7H,5H2,1-4H3;6H,5H2,1-4H3,(H,10,11). The number of aryl methyl sites for hydroxylation is 4. The van der Waals surface area contributed by atoms with Crippen LogP contribution in [-0.2, 0) is 13.0 Å². The third-order valence-electron chi connectivity index (χ3n) is 3.78. The molecule has 2 heterocycles. The fourth-order valence-corrected chi connectivity index (χ4v) is 2.40. The molecule has 0 atom stereocenters. The molecule has 1 N–H and O–H groups in total. The highest BCUT2D eigenvalue weighted by molar-refractivity contribution is 5.16. The van der Waals surface area contributed by atoms with E-state index in [0.717, 1.165) is 24.6 Å². The van der Waals surface area contributed by atoms with Gasteiger partial charge in [-0.15, -0.1) is 0 Å². The van der Waals surface area contributed by atoms with E-state index < -0.39 is 0 Å². The summed E-state index contributed by atoms with van der Waals surface area (Å²) in [6, 6.07) is 0. The Balaban J connectivity index is 0.000000220. The Hall–Kier alpha value is -1.58. The van der Waals surface area contributed by atoms with Crippen LogP contribution in [0.4, 0.5) is 0 Å². The lowest BCUT2D eigenvalue weighted by molar-refractivity contribution is 0.729. The van der Waals surface area contributed by atoms with E-state index in [9.17, 15) is 0 Å². The van der Waals surface area contributed by atoms with Crippen LogP contribution in [0.15, 0.2) is 6.20 Å². The minimum atomic E-state index is 0.534. The van der Waals surface area contributed by atoms with Crippen molar-refractivity contribution < 1.29 is 0 Å². The van der Waals surface area contributed by atoms with E-state index in [1.54, 1.807) is 0 Å². The van der Waals surface area contributed by atoms with Crippen LogP contribution < -0.4 is 0 Å². The maximum Gasteiger partial charge on any atom is 0.106 e. The van der Waals surface area contributed by atoms with Gasteiger partial charge in [0, 0.05) is 24.9 Å². The second kappa shape index (κ2) is 8.16. The SMILES string of the molecule is CCc1nc(C(C)C)c(C)[nH]1.CCn1cc(C(C)C)nc1C. The lowest BCUT2D eigenvalue weighted by Crippen LogP contribution is -1.93. The molecular weight excluding hydrogens is 272 g/mol. The van der Waals surface area contributed by atoms with Gasteiger partial charge in [0.05, 0.1) is 11.4 Å². The van der Waals surface area contributed by atoms with Crippen LogP contribution >= 0.6 is 0 Å². The van der Waals surface area contributed by atoms with Gasteiger partial charge in [-0.25, -0.2) is 9.97 Å². The maximum atomic E-state index is 4.47. The molecule has 0 unspecified atom stereocenters. The predicted molar refractivity (Wildman–Crippen MR) is 93.5 cm³/mol. The Morgan fingerprint density at radius 1 is 1.05 bits per heavy atom. The Kier molecular flexibility index (Phi) is 6.85. The molecule has 0 saturated carbocycles. The number of aromatic nitrogens is 4. The van der Waals surface area contributed by atoms with Crippen LogP contribution in [0.3, 0.4) is 0 Å². The number of hydrogen-bond acceptors (Lipinski definition) is 2. The number of aromatic amines is 1. The molecule has 0 fully saturated rings. The molecule has 0 radical (unpaired) electrons. The van der Waals surface area contributed by atoms with E-state index in [0.29, 0.717) is 11.8 Å². The summed E-state index contributed by atoms with van der Waals surface area (Å²) in [5.41, 5.74) is 3.63. The fraction of sp³-hybridized carbons (Fsp3) is 0.667. The van der Waals surface area contributed by atoms with Gasteiger partial charge in [-0.1, -0.05) is 34.6 Å². The Bertz CT molecular complexity index is 576. The fourth-order valence-electron chi connectivity index (χ4n) is 2.40. The number of nitrogens with zero attached hydrogens (tertiary/aromatic N) is 3. The van der Waals surface area contributed by atoms with Gasteiger partial charge in [0.25, 0.3) is 0 Å². The number of imidazole rings is 2. The summed E-state index contributed by atoms with van der Waals surface area (Å²) in [4.78, 5) is 12.2. The minimum absolute atomic E-state index is 0.534. The van der Waals surface area contributed by atoms with Crippen LogP contribution in [0.25, 0.3) is 0 Å². The zero-order chi connectivity index (χ0) is 16.9. The summed E-state index contributed by atoms with van der Waals surface area (Å²) in [6.45, 7) is 18.1. The van der Waals surface area contributed by atoms with Gasteiger partial charge in [0.1, 0.15) is 11.6 Å². The quantitative estimate of drug-likeness (QED) is 0.887. The van der Waals surface area contributed by atoms with Gasteiger partial charge in [0.15, 0.2) is 0 Å². The molecule has 2 aromatic rings. The summed E-state index contributed by atoms with van der Waals surface area (Å²) in [5, 5.41) is 0. The molecule has 124 valence electrons. The second-order valence-corrected chi connectivity index (χ2v) is 6.36. The van der Waals surface area contributed by atoms with Crippen molar-refractivity contribution >= 4 is 0 Å². The van der Waals surface area contributed by atoms with Crippen LogP contribution in [0.1, 0.15) is 82.1 Å². The van der Waals surface area contributed by atoms with Gasteiger partial charge >= 0.3 is 0 Å². The summed E-state index contributed by atoms with van der Waals surface area (Å²) in [5.74, 6) is 3.30. The first-order chi connectivity index (χ1) is 10.3. The average molecular weight is 304 g/mol. The van der Waals surface area contributed by atoms with Crippen molar-refractivity contribution in [3.8, 4) is 0 Å². The molecule has 4 nitrogen and oxygen atoms in total. The van der Waals surface area contributed by atoms with Crippen molar-refractivity contribution in [1.82, 2.24) is 19.5 Å². The molecule has 4 heteroatoms. The van der Waals surface area contributed by atoms with Crippen molar-refractivity contribution in [3.63, 3.8) is 0 Å². The highest BCUT2D eigenvalue weighted by Crippen LogP contribution is 2.16. The second-order valence-electron chi connectivity index (χ2n) is 6.36. The molecule has 0 bridgehead atoms. The normalized spacial score (nSPS) is 11.0. The zero-order valence-electron chi connectivity index (χ0n) is 15.5. The van der Waals surface area contributed by atoms with Crippen molar-refractivity contribution in [2.24, 2.45) is 0 Å². The van der Waals surface area contributed by atoms with Gasteiger partial charge in [-0.2, -0.15) is 0 Å².